The molecule has 116 valence electrons. The summed E-state index contributed by atoms with van der Waals surface area (Å²) in [6.45, 7) is 3.35. The van der Waals surface area contributed by atoms with E-state index in [4.69, 9.17) is 0 Å². The van der Waals surface area contributed by atoms with Gasteiger partial charge in [-0.15, -0.1) is 0 Å². The predicted octanol–water partition coefficient (Wildman–Crippen LogP) is 4.62. The number of benzene rings is 2. The molecule has 0 radical (unpaired) electrons. The number of nitrogens with one attached hydrogen (secondary N) is 1. The van der Waals surface area contributed by atoms with Gasteiger partial charge in [-0.3, -0.25) is 4.79 Å². The first-order valence-electron chi connectivity index (χ1n) is 6.76. The maximum atomic E-state index is 13.0. The van der Waals surface area contributed by atoms with Gasteiger partial charge in [-0.1, -0.05) is 42.5 Å². The normalized spacial score (nSPS) is 12.0. The molecule has 1 N–H and O–H groups in total. The monoisotopic (exact) mass is 307 g/mol. The Kier molecular flexibility index (Phi) is 4.26. The molecular formula is C17H16F3NO. The molecule has 0 aliphatic carbocycles. The highest BCUT2D eigenvalue weighted by molar-refractivity contribution is 5.99. The van der Waals surface area contributed by atoms with Gasteiger partial charge in [0.25, 0.3) is 0 Å². The summed E-state index contributed by atoms with van der Waals surface area (Å²) in [4.78, 5) is 12.4. The van der Waals surface area contributed by atoms with Crippen molar-refractivity contribution in [1.82, 2.24) is 0 Å². The summed E-state index contributed by atoms with van der Waals surface area (Å²) >= 11 is 0. The van der Waals surface area contributed by atoms with Crippen molar-refractivity contribution in [2.45, 2.75) is 25.4 Å². The first-order valence-corrected chi connectivity index (χ1v) is 6.76. The molecule has 1 amide bonds. The van der Waals surface area contributed by atoms with E-state index in [2.05, 4.69) is 5.32 Å². The molecule has 0 fully saturated rings. The Balaban J connectivity index is 2.30. The van der Waals surface area contributed by atoms with Crippen molar-refractivity contribution < 1.29 is 18.0 Å². The average molecular weight is 307 g/mol. The average Bonchev–Trinajstić information content (AvgIpc) is 2.47. The Morgan fingerprint density at radius 2 is 1.45 bits per heavy atom. The Hall–Kier alpha value is -2.30. The molecule has 2 aromatic carbocycles. The van der Waals surface area contributed by atoms with Crippen LogP contribution in [0.4, 0.5) is 18.9 Å². The van der Waals surface area contributed by atoms with Crippen LogP contribution in [0.2, 0.25) is 0 Å². The summed E-state index contributed by atoms with van der Waals surface area (Å²) in [5.41, 5.74) is -1.30. The molecular weight excluding hydrogens is 291 g/mol. The van der Waals surface area contributed by atoms with Crippen LogP contribution in [-0.4, -0.2) is 5.91 Å². The van der Waals surface area contributed by atoms with Crippen LogP contribution in [0.25, 0.3) is 0 Å². The van der Waals surface area contributed by atoms with E-state index in [1.165, 1.54) is 18.2 Å². The minimum absolute atomic E-state index is 0.232. The summed E-state index contributed by atoms with van der Waals surface area (Å²) in [7, 11) is 0. The third-order valence-corrected chi connectivity index (χ3v) is 3.54. The second-order valence-corrected chi connectivity index (χ2v) is 5.49. The number of carbonyl (C=O) groups is 1. The van der Waals surface area contributed by atoms with Crippen LogP contribution >= 0.6 is 0 Å². The first-order chi connectivity index (χ1) is 10.2. The second-order valence-electron chi connectivity index (χ2n) is 5.49. The summed E-state index contributed by atoms with van der Waals surface area (Å²) in [6.07, 6.45) is -4.51. The lowest BCUT2D eigenvalue weighted by Gasteiger charge is -2.25. The molecule has 0 aliphatic rings. The van der Waals surface area contributed by atoms with Gasteiger partial charge < -0.3 is 5.32 Å². The minimum Gasteiger partial charge on any atom is -0.325 e. The van der Waals surface area contributed by atoms with E-state index in [-0.39, 0.29) is 5.69 Å². The fraction of sp³-hybridized carbons (Fsp3) is 0.235. The minimum atomic E-state index is -4.51. The number of rotatable bonds is 3. The third-order valence-electron chi connectivity index (χ3n) is 3.54. The number of hydrogen-bond acceptors (Lipinski definition) is 1. The maximum absolute atomic E-state index is 13.0. The van der Waals surface area contributed by atoms with E-state index in [1.54, 1.807) is 38.1 Å². The van der Waals surface area contributed by atoms with Crippen LogP contribution in [0.15, 0.2) is 54.6 Å². The number of hydrogen-bond donors (Lipinski definition) is 1. The highest BCUT2D eigenvalue weighted by Gasteiger charge is 2.35. The smallest absolute Gasteiger partial charge is 0.325 e. The van der Waals surface area contributed by atoms with E-state index in [0.29, 0.717) is 0 Å². The van der Waals surface area contributed by atoms with Crippen LogP contribution in [0.1, 0.15) is 25.0 Å². The van der Waals surface area contributed by atoms with Gasteiger partial charge in [-0.05, 0) is 31.5 Å². The molecule has 0 aliphatic heterocycles. The third kappa shape index (κ3) is 3.30. The molecule has 0 heterocycles. The van der Waals surface area contributed by atoms with Crippen molar-refractivity contribution in [3.8, 4) is 0 Å². The predicted molar refractivity (Wildman–Crippen MR) is 79.5 cm³/mol. The zero-order valence-electron chi connectivity index (χ0n) is 12.2. The van der Waals surface area contributed by atoms with Crippen LogP contribution in [0.3, 0.4) is 0 Å². The molecule has 0 aromatic heterocycles. The highest BCUT2D eigenvalue weighted by atomic mass is 19.4. The first kappa shape index (κ1) is 16.1. The number of para-hydroxylation sites is 1. The number of carbonyl (C=O) groups excluding carboxylic acids is 1. The molecule has 2 rings (SSSR count). The molecule has 0 spiro atoms. The molecule has 0 saturated carbocycles. The maximum Gasteiger partial charge on any atom is 0.418 e. The van der Waals surface area contributed by atoms with Gasteiger partial charge >= 0.3 is 6.18 Å². The van der Waals surface area contributed by atoms with Gasteiger partial charge in [0.05, 0.1) is 16.7 Å². The van der Waals surface area contributed by atoms with E-state index >= 15 is 0 Å². The van der Waals surface area contributed by atoms with Crippen molar-refractivity contribution >= 4 is 11.6 Å². The van der Waals surface area contributed by atoms with Crippen molar-refractivity contribution in [2.24, 2.45) is 0 Å². The number of halogens is 3. The molecule has 22 heavy (non-hydrogen) atoms. The van der Waals surface area contributed by atoms with Gasteiger partial charge in [0, 0.05) is 0 Å². The van der Waals surface area contributed by atoms with E-state index in [1.807, 2.05) is 6.07 Å². The SMILES string of the molecule is CC(C)(C(=O)Nc1ccccc1C(F)(F)F)c1ccccc1. The zero-order chi connectivity index (χ0) is 16.4. The molecule has 0 saturated heterocycles. The summed E-state index contributed by atoms with van der Waals surface area (Å²) in [6, 6.07) is 13.9. The van der Waals surface area contributed by atoms with Crippen LogP contribution in [0, 0.1) is 0 Å². The van der Waals surface area contributed by atoms with Gasteiger partial charge in [-0.2, -0.15) is 13.2 Å². The topological polar surface area (TPSA) is 29.1 Å². The second kappa shape index (κ2) is 5.83. The molecule has 0 unspecified atom stereocenters. The summed E-state index contributed by atoms with van der Waals surface area (Å²) in [5, 5.41) is 2.40. The highest BCUT2D eigenvalue weighted by Crippen LogP contribution is 2.35. The summed E-state index contributed by atoms with van der Waals surface area (Å²) < 4.78 is 38.9. The Bertz CT molecular complexity index is 663. The van der Waals surface area contributed by atoms with E-state index in [9.17, 15) is 18.0 Å². The van der Waals surface area contributed by atoms with E-state index < -0.39 is 23.1 Å². The largest absolute Gasteiger partial charge is 0.418 e. The van der Waals surface area contributed by atoms with Crippen molar-refractivity contribution in [1.29, 1.82) is 0 Å². The van der Waals surface area contributed by atoms with Gasteiger partial charge in [-0.25, -0.2) is 0 Å². The lowest BCUT2D eigenvalue weighted by Crippen LogP contribution is -2.35. The zero-order valence-corrected chi connectivity index (χ0v) is 12.2. The number of anilines is 1. The molecule has 0 bridgehead atoms. The molecule has 0 atom stereocenters. The Labute approximate surface area is 127 Å². The lowest BCUT2D eigenvalue weighted by molar-refractivity contribution is -0.137. The van der Waals surface area contributed by atoms with Gasteiger partial charge in [0.2, 0.25) is 5.91 Å². The fourth-order valence-electron chi connectivity index (χ4n) is 2.10. The van der Waals surface area contributed by atoms with Gasteiger partial charge in [0.15, 0.2) is 0 Å². The van der Waals surface area contributed by atoms with Crippen LogP contribution in [0.5, 0.6) is 0 Å². The Morgan fingerprint density at radius 3 is 2.05 bits per heavy atom. The van der Waals surface area contributed by atoms with Crippen molar-refractivity contribution in [3.63, 3.8) is 0 Å². The summed E-state index contributed by atoms with van der Waals surface area (Å²) in [5.74, 6) is -0.490. The number of alkyl halides is 3. The quantitative estimate of drug-likeness (QED) is 0.880. The molecule has 2 aromatic rings. The molecule has 2 nitrogen and oxygen atoms in total. The van der Waals surface area contributed by atoms with E-state index in [0.717, 1.165) is 11.6 Å². The number of amides is 1. The Morgan fingerprint density at radius 1 is 0.909 bits per heavy atom. The fourth-order valence-corrected chi connectivity index (χ4v) is 2.10. The molecule has 5 heteroatoms. The lowest BCUT2D eigenvalue weighted by atomic mass is 9.83. The van der Waals surface area contributed by atoms with Gasteiger partial charge in [0.1, 0.15) is 0 Å². The van der Waals surface area contributed by atoms with Crippen molar-refractivity contribution in [3.05, 3.63) is 65.7 Å². The van der Waals surface area contributed by atoms with Crippen molar-refractivity contribution in [2.75, 3.05) is 5.32 Å². The standard InChI is InChI=1S/C17H16F3NO/c1-16(2,12-8-4-3-5-9-12)15(22)21-14-11-7-6-10-13(14)17(18,19)20/h3-11H,1-2H3,(H,21,22). The van der Waals surface area contributed by atoms with Crippen LogP contribution in [-0.2, 0) is 16.4 Å². The van der Waals surface area contributed by atoms with Crippen LogP contribution < -0.4 is 5.32 Å².